The second-order valence-corrected chi connectivity index (χ2v) is 4.39. The molecule has 0 radical (unpaired) electrons. The van der Waals surface area contributed by atoms with Gasteiger partial charge in [-0.2, -0.15) is 9.97 Å². The quantitative estimate of drug-likeness (QED) is 0.844. The highest BCUT2D eigenvalue weighted by Crippen LogP contribution is 2.24. The lowest BCUT2D eigenvalue weighted by Crippen LogP contribution is -2.03. The minimum Gasteiger partial charge on any atom is -0.463 e. The minimum absolute atomic E-state index is 0.0220. The van der Waals surface area contributed by atoms with Crippen LogP contribution < -0.4 is 9.47 Å². The first-order valence-electron chi connectivity index (χ1n) is 6.07. The maximum atomic E-state index is 13.6. The smallest absolute Gasteiger partial charge is 0.329 e. The molecule has 106 valence electrons. The zero-order valence-corrected chi connectivity index (χ0v) is 11.8. The molecule has 1 aromatic carbocycles. The number of hydrogen-bond donors (Lipinski definition) is 0. The lowest BCUT2D eigenvalue weighted by molar-refractivity contribution is 0.284. The van der Waals surface area contributed by atoms with Crippen molar-refractivity contribution >= 4 is 11.6 Å². The molecule has 2 aromatic rings. The van der Waals surface area contributed by atoms with Crippen LogP contribution in [0.2, 0.25) is 5.28 Å². The van der Waals surface area contributed by atoms with Crippen LogP contribution in [0.15, 0.2) is 18.2 Å². The van der Waals surface area contributed by atoms with Crippen LogP contribution >= 0.6 is 11.6 Å². The van der Waals surface area contributed by atoms with Crippen molar-refractivity contribution in [3.63, 3.8) is 0 Å². The number of benzene rings is 1. The molecule has 1 aromatic heterocycles. The Morgan fingerprint density at radius 3 is 2.70 bits per heavy atom. The van der Waals surface area contributed by atoms with Crippen LogP contribution in [0.5, 0.6) is 17.8 Å². The molecule has 20 heavy (non-hydrogen) atoms. The topological polar surface area (TPSA) is 57.1 Å². The standard InChI is InChI=1S/C13H13ClFN3O2/c1-3-6-19-12-16-11(14)17-13(18-12)20-10-7-8(2)4-5-9(10)15/h4-5,7H,3,6H2,1-2H3. The van der Waals surface area contributed by atoms with Gasteiger partial charge in [0.2, 0.25) is 5.28 Å². The normalized spacial score (nSPS) is 10.4. The van der Waals surface area contributed by atoms with Gasteiger partial charge in [-0.1, -0.05) is 13.0 Å². The van der Waals surface area contributed by atoms with Gasteiger partial charge in [0.05, 0.1) is 6.61 Å². The van der Waals surface area contributed by atoms with Crippen molar-refractivity contribution < 1.29 is 13.9 Å². The predicted molar refractivity (Wildman–Crippen MR) is 71.8 cm³/mol. The summed E-state index contributed by atoms with van der Waals surface area (Å²) in [6.45, 7) is 4.21. The zero-order valence-electron chi connectivity index (χ0n) is 11.1. The van der Waals surface area contributed by atoms with Crippen LogP contribution in [0.1, 0.15) is 18.9 Å². The molecule has 5 nitrogen and oxygen atoms in total. The molecule has 1 heterocycles. The molecule has 0 saturated heterocycles. The van der Waals surface area contributed by atoms with Gasteiger partial charge in [0, 0.05) is 0 Å². The minimum atomic E-state index is -0.511. The highest BCUT2D eigenvalue weighted by atomic mass is 35.5. The monoisotopic (exact) mass is 297 g/mol. The largest absolute Gasteiger partial charge is 0.463 e. The molecule has 0 aliphatic heterocycles. The Bertz CT molecular complexity index is 610. The summed E-state index contributed by atoms with van der Waals surface area (Å²) < 4.78 is 24.1. The number of aromatic nitrogens is 3. The van der Waals surface area contributed by atoms with Crippen LogP contribution in [0.25, 0.3) is 0 Å². The van der Waals surface area contributed by atoms with Gasteiger partial charge in [-0.3, -0.25) is 0 Å². The summed E-state index contributed by atoms with van der Waals surface area (Å²) in [5.41, 5.74) is 0.851. The number of halogens is 2. The SMILES string of the molecule is CCCOc1nc(Cl)nc(Oc2cc(C)ccc2F)n1. The molecule has 0 atom stereocenters. The molecule has 7 heteroatoms. The third kappa shape index (κ3) is 3.77. The molecule has 0 spiro atoms. The van der Waals surface area contributed by atoms with Crippen molar-refractivity contribution in [3.8, 4) is 17.8 Å². The van der Waals surface area contributed by atoms with Crippen LogP contribution in [-0.4, -0.2) is 21.6 Å². The molecule has 0 saturated carbocycles. The van der Waals surface area contributed by atoms with Gasteiger partial charge >= 0.3 is 12.0 Å². The average Bonchev–Trinajstić information content (AvgIpc) is 2.40. The summed E-state index contributed by atoms with van der Waals surface area (Å²) in [6.07, 6.45) is 0.798. The number of aryl methyl sites for hydroxylation is 1. The van der Waals surface area contributed by atoms with E-state index >= 15 is 0 Å². The highest BCUT2D eigenvalue weighted by molar-refractivity contribution is 6.28. The van der Waals surface area contributed by atoms with Crippen molar-refractivity contribution in [2.45, 2.75) is 20.3 Å². The first-order chi connectivity index (χ1) is 9.58. The van der Waals surface area contributed by atoms with E-state index in [1.54, 1.807) is 12.1 Å². The van der Waals surface area contributed by atoms with E-state index in [4.69, 9.17) is 21.1 Å². The molecular weight excluding hydrogens is 285 g/mol. The number of hydrogen-bond acceptors (Lipinski definition) is 5. The molecule has 0 fully saturated rings. The van der Waals surface area contributed by atoms with Gasteiger partial charge in [-0.05, 0) is 42.6 Å². The van der Waals surface area contributed by atoms with Gasteiger partial charge in [0.15, 0.2) is 11.6 Å². The van der Waals surface area contributed by atoms with E-state index in [1.807, 2.05) is 13.8 Å². The fraction of sp³-hybridized carbons (Fsp3) is 0.308. The molecule has 0 aliphatic rings. The third-order valence-electron chi connectivity index (χ3n) is 2.29. The predicted octanol–water partition coefficient (Wildman–Crippen LogP) is 3.55. The van der Waals surface area contributed by atoms with Gasteiger partial charge in [0.25, 0.3) is 0 Å². The van der Waals surface area contributed by atoms with E-state index in [0.717, 1.165) is 12.0 Å². The van der Waals surface area contributed by atoms with Crippen LogP contribution in [-0.2, 0) is 0 Å². The number of rotatable bonds is 5. The molecule has 0 bridgehead atoms. The van der Waals surface area contributed by atoms with Crippen molar-refractivity contribution in [2.24, 2.45) is 0 Å². The maximum Gasteiger partial charge on any atom is 0.329 e. The molecular formula is C13H13ClFN3O2. The maximum absolute atomic E-state index is 13.6. The fourth-order valence-corrected chi connectivity index (χ4v) is 1.55. The van der Waals surface area contributed by atoms with Gasteiger partial charge in [-0.25, -0.2) is 4.39 Å². The van der Waals surface area contributed by atoms with Gasteiger partial charge in [-0.15, -0.1) is 4.98 Å². The van der Waals surface area contributed by atoms with Crippen molar-refractivity contribution in [1.29, 1.82) is 0 Å². The Hall–Kier alpha value is -1.95. The fourth-order valence-electron chi connectivity index (χ4n) is 1.41. The Morgan fingerprint density at radius 2 is 1.95 bits per heavy atom. The highest BCUT2D eigenvalue weighted by Gasteiger charge is 2.11. The van der Waals surface area contributed by atoms with Crippen LogP contribution in [0.4, 0.5) is 4.39 Å². The van der Waals surface area contributed by atoms with E-state index < -0.39 is 5.82 Å². The Balaban J connectivity index is 2.24. The first kappa shape index (κ1) is 14.5. The lowest BCUT2D eigenvalue weighted by atomic mass is 10.2. The Morgan fingerprint density at radius 1 is 1.20 bits per heavy atom. The van der Waals surface area contributed by atoms with Crippen molar-refractivity contribution in [1.82, 2.24) is 15.0 Å². The van der Waals surface area contributed by atoms with Crippen molar-refractivity contribution in [2.75, 3.05) is 6.61 Å². The van der Waals surface area contributed by atoms with E-state index in [1.165, 1.54) is 6.07 Å². The average molecular weight is 298 g/mol. The molecule has 2 rings (SSSR count). The zero-order chi connectivity index (χ0) is 14.5. The van der Waals surface area contributed by atoms with Gasteiger partial charge in [0.1, 0.15) is 0 Å². The first-order valence-corrected chi connectivity index (χ1v) is 6.44. The summed E-state index contributed by atoms with van der Waals surface area (Å²) in [7, 11) is 0. The van der Waals surface area contributed by atoms with E-state index in [2.05, 4.69) is 15.0 Å². The third-order valence-corrected chi connectivity index (χ3v) is 2.46. The summed E-state index contributed by atoms with van der Waals surface area (Å²) in [6, 6.07) is 4.43. The van der Waals surface area contributed by atoms with E-state index in [-0.39, 0.29) is 23.1 Å². The second kappa shape index (κ2) is 6.47. The second-order valence-electron chi connectivity index (χ2n) is 4.05. The van der Waals surface area contributed by atoms with Gasteiger partial charge < -0.3 is 9.47 Å². The van der Waals surface area contributed by atoms with Crippen molar-refractivity contribution in [3.05, 3.63) is 34.9 Å². The molecule has 0 amide bonds. The summed E-state index contributed by atoms with van der Waals surface area (Å²) in [5, 5.41) is -0.0748. The molecule has 0 N–H and O–H groups in total. The Labute approximate surface area is 120 Å². The summed E-state index contributed by atoms with van der Waals surface area (Å²) in [5.74, 6) is -0.489. The molecule has 0 aliphatic carbocycles. The number of nitrogens with zero attached hydrogens (tertiary/aromatic N) is 3. The van der Waals surface area contributed by atoms with E-state index in [0.29, 0.717) is 6.61 Å². The lowest BCUT2D eigenvalue weighted by Gasteiger charge is -2.07. The molecule has 0 unspecified atom stereocenters. The van der Waals surface area contributed by atoms with Crippen LogP contribution in [0.3, 0.4) is 0 Å². The summed E-state index contributed by atoms with van der Waals surface area (Å²) >= 11 is 5.75. The van der Waals surface area contributed by atoms with E-state index in [9.17, 15) is 4.39 Å². The summed E-state index contributed by atoms with van der Waals surface area (Å²) in [4.78, 5) is 11.5. The van der Waals surface area contributed by atoms with Crippen LogP contribution in [0, 0.1) is 12.7 Å². The Kier molecular flexibility index (Phi) is 4.68. The number of ether oxygens (including phenoxy) is 2.